The molecule has 2 amide bonds. The Kier molecular flexibility index (Phi) is 7.71. The molecule has 10 heteroatoms. The summed E-state index contributed by atoms with van der Waals surface area (Å²) in [7, 11) is 0. The molecule has 210 valence electrons. The Morgan fingerprint density at radius 2 is 2.00 bits per heavy atom. The van der Waals surface area contributed by atoms with Crippen molar-refractivity contribution in [3.8, 4) is 5.75 Å². The fourth-order valence-corrected chi connectivity index (χ4v) is 4.90. The van der Waals surface area contributed by atoms with Gasteiger partial charge in [-0.1, -0.05) is 13.8 Å². The molecular formula is C30H35N5O5. The molecule has 0 radical (unpaired) electrons. The molecule has 0 spiro atoms. The summed E-state index contributed by atoms with van der Waals surface area (Å²) in [5.74, 6) is 1.50. The molecular weight excluding hydrogens is 510 g/mol. The third kappa shape index (κ3) is 6.07. The minimum atomic E-state index is -0.801. The van der Waals surface area contributed by atoms with Crippen LogP contribution in [0.4, 0.5) is 10.6 Å². The Hall–Kier alpha value is -4.05. The van der Waals surface area contributed by atoms with E-state index in [-0.39, 0.29) is 18.1 Å². The number of imide groups is 1. The summed E-state index contributed by atoms with van der Waals surface area (Å²) in [6.45, 7) is 10.0. The van der Waals surface area contributed by atoms with E-state index in [1.54, 1.807) is 26.8 Å². The van der Waals surface area contributed by atoms with Gasteiger partial charge in [0.25, 0.3) is 0 Å². The van der Waals surface area contributed by atoms with Gasteiger partial charge in [-0.05, 0) is 75.8 Å². The summed E-state index contributed by atoms with van der Waals surface area (Å²) in [6.07, 6.45) is 6.90. The van der Waals surface area contributed by atoms with Crippen molar-refractivity contribution in [3.05, 3.63) is 54.6 Å². The number of hydrogen-bond donors (Lipinski definition) is 0. The van der Waals surface area contributed by atoms with Gasteiger partial charge in [-0.25, -0.2) is 14.8 Å². The third-order valence-corrected chi connectivity index (χ3v) is 6.60. The molecule has 0 N–H and O–H groups in total. The highest BCUT2D eigenvalue weighted by Gasteiger charge is 2.30. The predicted molar refractivity (Wildman–Crippen MR) is 151 cm³/mol. The second-order valence-corrected chi connectivity index (χ2v) is 11.5. The molecule has 10 nitrogen and oxygen atoms in total. The smallest absolute Gasteiger partial charge is 0.422 e. The van der Waals surface area contributed by atoms with Gasteiger partial charge in [0.1, 0.15) is 36.2 Å². The summed E-state index contributed by atoms with van der Waals surface area (Å²) < 4.78 is 19.6. The summed E-state index contributed by atoms with van der Waals surface area (Å²) in [5, 5.41) is 1.65. The van der Waals surface area contributed by atoms with Crippen molar-refractivity contribution in [3.63, 3.8) is 0 Å². The Morgan fingerprint density at radius 1 is 1.18 bits per heavy atom. The van der Waals surface area contributed by atoms with Gasteiger partial charge in [-0.2, -0.15) is 4.90 Å². The molecule has 40 heavy (non-hydrogen) atoms. The molecule has 1 aromatic carbocycles. The molecule has 1 saturated heterocycles. The molecule has 0 aliphatic carbocycles. The number of rotatable bonds is 8. The van der Waals surface area contributed by atoms with Crippen molar-refractivity contribution in [1.82, 2.24) is 19.5 Å². The van der Waals surface area contributed by atoms with Gasteiger partial charge in [0.15, 0.2) is 5.82 Å². The summed E-state index contributed by atoms with van der Waals surface area (Å²) in [6, 6.07) is 9.94. The number of anilines is 1. The number of ether oxygens (including phenoxy) is 3. The molecule has 5 rings (SSSR count). The molecule has 0 saturated carbocycles. The molecule has 3 aromatic heterocycles. The zero-order valence-electron chi connectivity index (χ0n) is 23.5. The number of benzene rings is 1. The van der Waals surface area contributed by atoms with E-state index in [0.29, 0.717) is 30.0 Å². The van der Waals surface area contributed by atoms with Crippen LogP contribution in [0.3, 0.4) is 0 Å². The van der Waals surface area contributed by atoms with E-state index in [4.69, 9.17) is 14.2 Å². The number of fused-ring (bicyclic) bond motifs is 2. The molecule has 1 aliphatic heterocycles. The standard InChI is InChI=1S/C30H35N5O5/c1-19(2)12-20-13-21-6-7-22(14-25(21)31-15-20)38-16-23-8-9-26(39-23)34-11-10-24-27(34)32-17-33-28(24)35(18-36)29(37)40-30(3,4)5/h6-7,10-11,13-15,17-19,23,26H,8-9,12,16H2,1-5H3. The van der Waals surface area contributed by atoms with Crippen LogP contribution in [0.1, 0.15) is 59.3 Å². The van der Waals surface area contributed by atoms with Gasteiger partial charge in [0.2, 0.25) is 6.41 Å². The van der Waals surface area contributed by atoms with Crippen LogP contribution in [-0.4, -0.2) is 50.3 Å². The first-order chi connectivity index (χ1) is 19.1. The van der Waals surface area contributed by atoms with Crippen LogP contribution >= 0.6 is 0 Å². The number of pyridine rings is 1. The van der Waals surface area contributed by atoms with Crippen LogP contribution in [0, 0.1) is 5.92 Å². The number of amides is 2. The molecule has 2 unspecified atom stereocenters. The quantitative estimate of drug-likeness (QED) is 0.254. The maximum absolute atomic E-state index is 12.6. The van der Waals surface area contributed by atoms with Gasteiger partial charge < -0.3 is 18.8 Å². The van der Waals surface area contributed by atoms with Crippen LogP contribution < -0.4 is 9.64 Å². The lowest BCUT2D eigenvalue weighted by Crippen LogP contribution is -2.36. The lowest BCUT2D eigenvalue weighted by atomic mass is 10.0. The van der Waals surface area contributed by atoms with Crippen molar-refractivity contribution in [2.45, 2.75) is 71.8 Å². The van der Waals surface area contributed by atoms with Crippen LogP contribution in [0.15, 0.2) is 49.1 Å². The van der Waals surface area contributed by atoms with Crippen molar-refractivity contribution in [1.29, 1.82) is 0 Å². The minimum Gasteiger partial charge on any atom is -0.491 e. The maximum atomic E-state index is 12.6. The van der Waals surface area contributed by atoms with E-state index in [2.05, 4.69) is 34.9 Å². The molecule has 2 atom stereocenters. The number of carbonyl (C=O) groups is 2. The first-order valence-corrected chi connectivity index (χ1v) is 13.6. The van der Waals surface area contributed by atoms with E-state index in [9.17, 15) is 9.59 Å². The van der Waals surface area contributed by atoms with E-state index in [1.807, 2.05) is 35.2 Å². The Labute approximate surface area is 233 Å². The molecule has 0 bridgehead atoms. The van der Waals surface area contributed by atoms with E-state index in [1.165, 1.54) is 11.9 Å². The molecule has 4 aromatic rings. The normalized spacial score (nSPS) is 17.4. The highest BCUT2D eigenvalue weighted by molar-refractivity contribution is 6.08. The van der Waals surface area contributed by atoms with Gasteiger partial charge in [0.05, 0.1) is 17.0 Å². The van der Waals surface area contributed by atoms with Crippen molar-refractivity contribution in [2.75, 3.05) is 11.5 Å². The second-order valence-electron chi connectivity index (χ2n) is 11.5. The fraction of sp³-hybridized carbons (Fsp3) is 0.433. The van der Waals surface area contributed by atoms with Crippen LogP contribution in [-0.2, 0) is 20.7 Å². The van der Waals surface area contributed by atoms with Gasteiger partial charge >= 0.3 is 6.09 Å². The predicted octanol–water partition coefficient (Wildman–Crippen LogP) is 5.83. The summed E-state index contributed by atoms with van der Waals surface area (Å²) >= 11 is 0. The minimum absolute atomic E-state index is 0.103. The van der Waals surface area contributed by atoms with Crippen molar-refractivity contribution in [2.24, 2.45) is 5.92 Å². The largest absolute Gasteiger partial charge is 0.491 e. The first kappa shape index (κ1) is 27.5. The topological polar surface area (TPSA) is 109 Å². The number of aromatic nitrogens is 4. The van der Waals surface area contributed by atoms with Crippen LogP contribution in [0.25, 0.3) is 21.9 Å². The van der Waals surface area contributed by atoms with Gasteiger partial charge in [-0.3, -0.25) is 9.78 Å². The van der Waals surface area contributed by atoms with Gasteiger partial charge in [0, 0.05) is 23.8 Å². The molecule has 1 fully saturated rings. The summed E-state index contributed by atoms with van der Waals surface area (Å²) in [5.41, 5.74) is 1.94. The Bertz CT molecular complexity index is 1530. The average molecular weight is 546 g/mol. The van der Waals surface area contributed by atoms with Gasteiger partial charge in [-0.15, -0.1) is 0 Å². The summed E-state index contributed by atoms with van der Waals surface area (Å²) in [4.78, 5) is 38.5. The lowest BCUT2D eigenvalue weighted by molar-refractivity contribution is -0.107. The zero-order chi connectivity index (χ0) is 28.4. The van der Waals surface area contributed by atoms with Crippen LogP contribution in [0.5, 0.6) is 5.75 Å². The highest BCUT2D eigenvalue weighted by atomic mass is 16.6. The second kappa shape index (κ2) is 11.2. The molecule has 4 heterocycles. The first-order valence-electron chi connectivity index (χ1n) is 13.6. The van der Waals surface area contributed by atoms with E-state index >= 15 is 0 Å². The highest BCUT2D eigenvalue weighted by Crippen LogP contribution is 2.34. The van der Waals surface area contributed by atoms with Crippen LogP contribution in [0.2, 0.25) is 0 Å². The monoisotopic (exact) mass is 545 g/mol. The Morgan fingerprint density at radius 3 is 2.75 bits per heavy atom. The van der Waals surface area contributed by atoms with Crippen molar-refractivity contribution >= 4 is 40.3 Å². The lowest BCUT2D eigenvalue weighted by Gasteiger charge is -2.23. The van der Waals surface area contributed by atoms with Crippen molar-refractivity contribution < 1.29 is 23.8 Å². The maximum Gasteiger partial charge on any atom is 0.422 e. The number of hydrogen-bond acceptors (Lipinski definition) is 8. The average Bonchev–Trinajstić information content (AvgIpc) is 3.54. The molecule has 1 aliphatic rings. The fourth-order valence-electron chi connectivity index (χ4n) is 4.90. The van der Waals surface area contributed by atoms with E-state index in [0.717, 1.165) is 40.8 Å². The number of nitrogens with zero attached hydrogens (tertiary/aromatic N) is 5. The number of carbonyl (C=O) groups excluding carboxylic acids is 2. The SMILES string of the molecule is CC(C)Cc1cnc2cc(OCC3CCC(n4ccc5c(N(C=O)C(=O)OC(C)(C)C)ncnc54)O3)ccc2c1. The Balaban J connectivity index is 1.25. The zero-order valence-corrected chi connectivity index (χ0v) is 23.5. The van der Waals surface area contributed by atoms with E-state index < -0.39 is 11.7 Å². The third-order valence-electron chi connectivity index (χ3n) is 6.60.